The maximum absolute atomic E-state index is 15.9. The highest BCUT2D eigenvalue weighted by atomic mass is 32.1. The molecule has 4 atom stereocenters. The van der Waals surface area contributed by atoms with E-state index >= 15 is 13.2 Å². The highest BCUT2D eigenvalue weighted by Gasteiger charge is 2.57. The first-order valence-corrected chi connectivity index (χ1v) is 16.2. The Balaban J connectivity index is 1.33. The SMILES string of the molecule is COC(=O)OCOc1c2n(ccc1=O)N([C@@H]1c3ccccc3-c3scc4c3-c3c1ccc(F)c3C(F)(F)C4)C1C3CCC(C3)N1C2=O. The third kappa shape index (κ3) is 3.80. The molecule has 1 amide bonds. The summed E-state index contributed by atoms with van der Waals surface area (Å²) in [6, 6.07) is 10.7. The minimum Gasteiger partial charge on any atom is -0.451 e. The van der Waals surface area contributed by atoms with Crippen molar-refractivity contribution in [2.24, 2.45) is 5.92 Å². The smallest absolute Gasteiger partial charge is 0.451 e. The summed E-state index contributed by atoms with van der Waals surface area (Å²) in [5.41, 5.74) is 2.04. The topological polar surface area (TPSA) is 90.3 Å². The molecule has 4 aromatic rings. The third-order valence-corrected chi connectivity index (χ3v) is 11.3. The summed E-state index contributed by atoms with van der Waals surface area (Å²) < 4.78 is 64.0. The van der Waals surface area contributed by atoms with Gasteiger partial charge in [-0.25, -0.2) is 18.0 Å². The van der Waals surface area contributed by atoms with E-state index in [4.69, 9.17) is 9.47 Å². The van der Waals surface area contributed by atoms with Crippen LogP contribution in [-0.2, 0) is 21.8 Å². The van der Waals surface area contributed by atoms with Gasteiger partial charge in [0.05, 0.1) is 18.7 Å². The molecule has 13 heteroatoms. The summed E-state index contributed by atoms with van der Waals surface area (Å²) in [4.78, 5) is 41.8. The van der Waals surface area contributed by atoms with Gasteiger partial charge in [0.2, 0.25) is 18.0 Å². The van der Waals surface area contributed by atoms with Crippen LogP contribution in [0, 0.1) is 11.7 Å². The first-order valence-electron chi connectivity index (χ1n) is 15.3. The predicted molar refractivity (Wildman–Crippen MR) is 164 cm³/mol. The van der Waals surface area contributed by atoms with Crippen molar-refractivity contribution in [3.05, 3.63) is 98.0 Å². The molecule has 3 aliphatic carbocycles. The van der Waals surface area contributed by atoms with Gasteiger partial charge in [-0.3, -0.25) is 19.3 Å². The van der Waals surface area contributed by atoms with Crippen molar-refractivity contribution in [3.63, 3.8) is 0 Å². The lowest BCUT2D eigenvalue weighted by Gasteiger charge is -2.52. The molecule has 5 aliphatic rings. The van der Waals surface area contributed by atoms with E-state index in [2.05, 4.69) is 4.74 Å². The fourth-order valence-corrected chi connectivity index (χ4v) is 9.64. The van der Waals surface area contributed by atoms with Crippen molar-refractivity contribution >= 4 is 23.4 Å². The van der Waals surface area contributed by atoms with E-state index in [9.17, 15) is 14.4 Å². The predicted octanol–water partition coefficient (Wildman–Crippen LogP) is 6.16. The zero-order chi connectivity index (χ0) is 32.4. The highest BCUT2D eigenvalue weighted by Crippen LogP contribution is 2.59. The van der Waals surface area contributed by atoms with Crippen LogP contribution >= 0.6 is 11.3 Å². The number of ether oxygens (including phenoxy) is 3. The number of alkyl halides is 2. The summed E-state index contributed by atoms with van der Waals surface area (Å²) in [5.74, 6) is -5.09. The lowest BCUT2D eigenvalue weighted by Crippen LogP contribution is -2.64. The average molecular weight is 662 g/mol. The molecule has 2 bridgehead atoms. The second-order valence-corrected chi connectivity index (χ2v) is 13.4. The monoisotopic (exact) mass is 661 g/mol. The molecule has 0 spiro atoms. The van der Waals surface area contributed by atoms with Gasteiger partial charge < -0.3 is 19.1 Å². The van der Waals surface area contributed by atoms with Crippen molar-refractivity contribution in [1.29, 1.82) is 0 Å². The number of fused-ring (bicyclic) bond motifs is 8. The van der Waals surface area contributed by atoms with Crippen LogP contribution in [0.3, 0.4) is 0 Å². The molecule has 2 aromatic carbocycles. The fourth-order valence-electron chi connectivity index (χ4n) is 8.51. The Morgan fingerprint density at radius 2 is 1.89 bits per heavy atom. The summed E-state index contributed by atoms with van der Waals surface area (Å²) in [6.07, 6.45) is 1.74. The number of pyridine rings is 1. The maximum Gasteiger partial charge on any atom is 0.510 e. The van der Waals surface area contributed by atoms with Crippen molar-refractivity contribution in [1.82, 2.24) is 9.58 Å². The number of nitrogens with zero attached hydrogens (tertiary/aromatic N) is 3. The van der Waals surface area contributed by atoms with Crippen LogP contribution in [0.15, 0.2) is 58.8 Å². The zero-order valence-corrected chi connectivity index (χ0v) is 25.7. The number of methoxy groups -OCH3 is 1. The molecule has 1 saturated carbocycles. The van der Waals surface area contributed by atoms with E-state index in [0.29, 0.717) is 16.7 Å². The van der Waals surface area contributed by atoms with Crippen molar-refractivity contribution in [2.45, 2.75) is 49.9 Å². The molecule has 2 fully saturated rings. The molecular weight excluding hydrogens is 635 g/mol. The molecular formula is C34H26F3N3O6S. The number of hydrogen-bond donors (Lipinski definition) is 0. The van der Waals surface area contributed by atoms with E-state index in [-0.39, 0.29) is 29.0 Å². The molecule has 47 heavy (non-hydrogen) atoms. The average Bonchev–Trinajstić information content (AvgIpc) is 3.77. The van der Waals surface area contributed by atoms with Crippen molar-refractivity contribution in [2.75, 3.05) is 18.9 Å². The maximum atomic E-state index is 15.9. The Kier molecular flexibility index (Phi) is 5.97. The number of carbonyl (C=O) groups is 2. The Labute approximate surface area is 269 Å². The number of carbonyl (C=O) groups excluding carboxylic acids is 2. The van der Waals surface area contributed by atoms with E-state index in [1.54, 1.807) is 21.0 Å². The van der Waals surface area contributed by atoms with Gasteiger partial charge in [0.1, 0.15) is 12.0 Å². The number of halogens is 3. The lowest BCUT2D eigenvalue weighted by molar-refractivity contribution is -0.00827. The van der Waals surface area contributed by atoms with E-state index in [0.717, 1.165) is 48.4 Å². The highest BCUT2D eigenvalue weighted by molar-refractivity contribution is 7.14. The number of rotatable bonds is 4. The standard InChI is InChI=1S/C34H26F3N3O6S/c1-44-33(43)46-15-45-29-23(41)10-11-38-28(29)32(42)39-18-7-6-16(12-18)31(39)40(38)27-19-4-2-3-5-20(19)30-24-17(14-47-30)13-34(36,37)26-22(35)9-8-21(27)25(24)26/h2-5,8-11,14,16,18,27,31H,6-7,12-13,15H2,1H3/t16?,18?,27-,31?/m1/s1. The molecule has 0 radical (unpaired) electrons. The molecule has 0 N–H and O–H groups in total. The molecule has 3 unspecified atom stereocenters. The van der Waals surface area contributed by atoms with E-state index in [1.807, 2.05) is 29.3 Å². The Hall–Kier alpha value is -4.78. The fraction of sp³-hybridized carbons (Fsp3) is 0.324. The molecule has 2 aliphatic heterocycles. The quantitative estimate of drug-likeness (QED) is 0.191. The van der Waals surface area contributed by atoms with Crippen LogP contribution in [0.1, 0.15) is 58.0 Å². The van der Waals surface area contributed by atoms with Crippen LogP contribution in [0.2, 0.25) is 0 Å². The van der Waals surface area contributed by atoms with E-state index < -0.39 is 60.2 Å². The number of piperidine rings is 1. The van der Waals surface area contributed by atoms with Crippen LogP contribution in [0.25, 0.3) is 21.6 Å². The third-order valence-electron chi connectivity index (χ3n) is 10.2. The van der Waals surface area contributed by atoms with Crippen molar-refractivity contribution in [3.8, 4) is 27.3 Å². The second-order valence-electron chi connectivity index (χ2n) is 12.5. The van der Waals surface area contributed by atoms with Crippen LogP contribution < -0.4 is 15.2 Å². The summed E-state index contributed by atoms with van der Waals surface area (Å²) in [7, 11) is 1.13. The summed E-state index contributed by atoms with van der Waals surface area (Å²) in [6.45, 7) is -0.683. The summed E-state index contributed by atoms with van der Waals surface area (Å²) >= 11 is 1.36. The number of aromatic nitrogens is 1. The zero-order valence-electron chi connectivity index (χ0n) is 24.9. The van der Waals surface area contributed by atoms with Gasteiger partial charge in [0.15, 0.2) is 5.69 Å². The Morgan fingerprint density at radius 1 is 1.06 bits per heavy atom. The Morgan fingerprint density at radius 3 is 2.72 bits per heavy atom. The van der Waals surface area contributed by atoms with Crippen molar-refractivity contribution < 1.29 is 37.0 Å². The van der Waals surface area contributed by atoms with Gasteiger partial charge in [-0.1, -0.05) is 30.3 Å². The molecule has 240 valence electrons. The molecule has 1 saturated heterocycles. The normalized spacial score (nSPS) is 23.8. The molecule has 2 aromatic heterocycles. The molecule has 9 nitrogen and oxygen atoms in total. The van der Waals surface area contributed by atoms with Crippen LogP contribution in [0.5, 0.6) is 5.75 Å². The first kappa shape index (κ1) is 28.4. The van der Waals surface area contributed by atoms with Crippen LogP contribution in [0.4, 0.5) is 18.0 Å². The first-order chi connectivity index (χ1) is 22.7. The minimum atomic E-state index is -3.44. The van der Waals surface area contributed by atoms with Gasteiger partial charge >= 0.3 is 6.16 Å². The molecule has 9 rings (SSSR count). The Bertz CT molecular complexity index is 2100. The van der Waals surface area contributed by atoms with E-state index in [1.165, 1.54) is 23.6 Å². The minimum absolute atomic E-state index is 0.0568. The van der Waals surface area contributed by atoms with Gasteiger partial charge in [0.25, 0.3) is 11.8 Å². The van der Waals surface area contributed by atoms with Crippen LogP contribution in [-0.4, -0.2) is 47.7 Å². The van der Waals surface area contributed by atoms with Gasteiger partial charge in [-0.2, -0.15) is 0 Å². The van der Waals surface area contributed by atoms with Gasteiger partial charge in [-0.05, 0) is 53.0 Å². The number of hydrogen-bond acceptors (Lipinski definition) is 8. The lowest BCUT2D eigenvalue weighted by atomic mass is 9.80. The number of amides is 1. The van der Waals surface area contributed by atoms with Gasteiger partial charge in [0, 0.05) is 46.6 Å². The molecule has 4 heterocycles. The second kappa shape index (κ2) is 9.86. The number of benzene rings is 2. The van der Waals surface area contributed by atoms with Gasteiger partial charge in [-0.15, -0.1) is 11.3 Å². The largest absolute Gasteiger partial charge is 0.510 e. The summed E-state index contributed by atoms with van der Waals surface area (Å²) in [5, 5.41) is 3.72. The number of thiophene rings is 1.